The van der Waals surface area contributed by atoms with Crippen LogP contribution in [0.15, 0.2) is 66.7 Å². The molecule has 4 heterocycles. The van der Waals surface area contributed by atoms with Crippen molar-refractivity contribution in [3.63, 3.8) is 0 Å². The number of allylic oxidation sites excluding steroid dienone is 1. The average Bonchev–Trinajstić information content (AvgIpc) is 4.12. The van der Waals surface area contributed by atoms with E-state index in [9.17, 15) is 32.4 Å². The molecule has 1 saturated heterocycles. The molecule has 2 aliphatic heterocycles. The zero-order chi connectivity index (χ0) is 46.2. The van der Waals surface area contributed by atoms with Crippen LogP contribution >= 0.6 is 0 Å². The number of benzene rings is 2. The van der Waals surface area contributed by atoms with Crippen LogP contribution in [0.1, 0.15) is 108 Å². The van der Waals surface area contributed by atoms with Crippen LogP contribution < -0.4 is 20.1 Å². The van der Waals surface area contributed by atoms with Gasteiger partial charge in [-0.05, 0) is 102 Å². The summed E-state index contributed by atoms with van der Waals surface area (Å²) >= 11 is 0. The molecule has 350 valence electrons. The van der Waals surface area contributed by atoms with Gasteiger partial charge >= 0.3 is 6.09 Å². The Morgan fingerprint density at radius 3 is 2.41 bits per heavy atom. The first-order valence-corrected chi connectivity index (χ1v) is 25.1. The molecule has 5 amide bonds. The maximum absolute atomic E-state index is 14.9. The summed E-state index contributed by atoms with van der Waals surface area (Å²) in [7, 11) is -3.93. The fourth-order valence-corrected chi connectivity index (χ4v) is 11.0. The molecule has 3 N–H and O–H groups in total. The lowest BCUT2D eigenvalue weighted by atomic mass is 10.0. The van der Waals surface area contributed by atoms with Gasteiger partial charge < -0.3 is 29.9 Å². The predicted octanol–water partition coefficient (Wildman–Crippen LogP) is 5.42. The van der Waals surface area contributed by atoms with Crippen LogP contribution in [0.5, 0.6) is 5.88 Å². The summed E-state index contributed by atoms with van der Waals surface area (Å²) in [4.78, 5) is 78.2. The smallest absolute Gasteiger partial charge is 0.408 e. The van der Waals surface area contributed by atoms with Crippen molar-refractivity contribution in [2.45, 2.75) is 132 Å². The van der Waals surface area contributed by atoms with Gasteiger partial charge in [-0.1, -0.05) is 49.3 Å². The minimum absolute atomic E-state index is 0.00248. The molecule has 2 aromatic heterocycles. The molecule has 0 radical (unpaired) electrons. The maximum atomic E-state index is 14.9. The van der Waals surface area contributed by atoms with Gasteiger partial charge in [-0.3, -0.25) is 23.9 Å². The standard InChI is InChI=1S/C48H58N8O9S/c1-3-54(4-2)44(58)31-22-20-30(21-23-31)39-27-41(56-42(49-39)36-17-12-13-18-37(36)52-56)64-34-26-40-43(57)51-48(46(60)53-66(62,63)35-24-25-35)28-32(48)14-8-6-5-7-9-19-38(45(59)55(40)29-34)50-47(61)65-33-15-10-11-16-33/h8,12-14,17-18,20-23,27,32-35,38,40H,3-7,9-11,15-16,19,24-26,28-29H2,1-2H3,(H,50,61)(H,51,57)(H,53,60)/b14-8-/t32-,34+,38-,40-,48+/m0/s1. The van der Waals surface area contributed by atoms with Crippen LogP contribution in [0.25, 0.3) is 27.8 Å². The van der Waals surface area contributed by atoms with Gasteiger partial charge in [-0.25, -0.2) is 18.2 Å². The molecule has 3 saturated carbocycles. The van der Waals surface area contributed by atoms with Gasteiger partial charge in [-0.15, -0.1) is 0 Å². The van der Waals surface area contributed by atoms with Crippen molar-refractivity contribution < 1.29 is 41.9 Å². The molecule has 5 atom stereocenters. The van der Waals surface area contributed by atoms with Gasteiger partial charge in [0.05, 0.1) is 23.0 Å². The number of amides is 5. The first-order chi connectivity index (χ1) is 31.9. The fraction of sp³-hybridized carbons (Fsp3) is 0.521. The Labute approximate surface area is 384 Å². The highest BCUT2D eigenvalue weighted by atomic mass is 32.2. The van der Waals surface area contributed by atoms with E-state index in [1.54, 1.807) is 27.6 Å². The summed E-state index contributed by atoms with van der Waals surface area (Å²) in [6, 6.07) is 14.3. The van der Waals surface area contributed by atoms with Crippen LogP contribution in [-0.4, -0.2) is 117 Å². The molecule has 0 spiro atoms. The van der Waals surface area contributed by atoms with E-state index in [4.69, 9.17) is 19.6 Å². The Bertz CT molecular complexity index is 2660. The van der Waals surface area contributed by atoms with E-state index < -0.39 is 68.7 Å². The third-order valence-corrected chi connectivity index (χ3v) is 15.5. The van der Waals surface area contributed by atoms with Crippen molar-refractivity contribution in [2.24, 2.45) is 5.92 Å². The molecular formula is C48H58N8O9S. The Kier molecular flexibility index (Phi) is 12.8. The number of alkyl carbamates (subject to hydrolysis) is 1. The molecule has 66 heavy (non-hydrogen) atoms. The molecule has 0 unspecified atom stereocenters. The zero-order valence-corrected chi connectivity index (χ0v) is 38.3. The van der Waals surface area contributed by atoms with E-state index in [0.717, 1.165) is 49.5 Å². The zero-order valence-electron chi connectivity index (χ0n) is 37.4. The molecule has 4 fully saturated rings. The summed E-state index contributed by atoms with van der Waals surface area (Å²) < 4.78 is 42.4. The van der Waals surface area contributed by atoms with Crippen molar-refractivity contribution >= 4 is 56.3 Å². The van der Waals surface area contributed by atoms with Crippen LogP contribution in [0.3, 0.4) is 0 Å². The van der Waals surface area contributed by atoms with Crippen LogP contribution in [0.2, 0.25) is 0 Å². The Morgan fingerprint density at radius 1 is 0.924 bits per heavy atom. The number of nitrogens with one attached hydrogen (secondary N) is 3. The van der Waals surface area contributed by atoms with Gasteiger partial charge in [0.1, 0.15) is 29.8 Å². The molecule has 4 aromatic rings. The van der Waals surface area contributed by atoms with Crippen molar-refractivity contribution in [2.75, 3.05) is 19.6 Å². The van der Waals surface area contributed by atoms with Crippen molar-refractivity contribution in [1.29, 1.82) is 0 Å². The molecule has 2 aromatic carbocycles. The van der Waals surface area contributed by atoms with Crippen LogP contribution in [0, 0.1) is 5.92 Å². The van der Waals surface area contributed by atoms with E-state index >= 15 is 0 Å². The highest BCUT2D eigenvalue weighted by Gasteiger charge is 2.62. The second-order valence-corrected chi connectivity index (χ2v) is 20.3. The summed E-state index contributed by atoms with van der Waals surface area (Å²) in [5.74, 6) is -2.18. The van der Waals surface area contributed by atoms with E-state index in [1.165, 1.54) is 4.90 Å². The topological polar surface area (TPSA) is 211 Å². The summed E-state index contributed by atoms with van der Waals surface area (Å²) in [6.45, 7) is 4.98. The van der Waals surface area contributed by atoms with E-state index in [2.05, 4.69) is 15.4 Å². The highest BCUT2D eigenvalue weighted by molar-refractivity contribution is 7.91. The average molecular weight is 923 g/mol. The van der Waals surface area contributed by atoms with Gasteiger partial charge in [0, 0.05) is 48.0 Å². The molecular weight excluding hydrogens is 865 g/mol. The SMILES string of the molecule is CCN(CC)C(=O)c1ccc(-c2cc(O[C@@H]3C[C@H]4C(=O)N[C@]5(C(=O)NS(=O)(=O)C6CC6)C[C@@H]5/C=C\CCCCC[C@H](NC(=O)OC5CCCC5)C(=O)N4C3)n3nc4ccccc4c3n2)cc1. The third kappa shape index (κ3) is 9.33. The number of aromatic nitrogens is 3. The maximum Gasteiger partial charge on any atom is 0.408 e. The van der Waals surface area contributed by atoms with Gasteiger partial charge in [0.2, 0.25) is 27.7 Å². The lowest BCUT2D eigenvalue weighted by Gasteiger charge is -2.30. The van der Waals surface area contributed by atoms with E-state index in [-0.39, 0.29) is 31.4 Å². The van der Waals surface area contributed by atoms with Gasteiger partial charge in [0.15, 0.2) is 5.65 Å². The van der Waals surface area contributed by atoms with Crippen molar-refractivity contribution in [3.05, 3.63) is 72.3 Å². The predicted molar refractivity (Wildman–Crippen MR) is 245 cm³/mol. The van der Waals surface area contributed by atoms with Crippen LogP contribution in [-0.2, 0) is 29.1 Å². The fourth-order valence-electron chi connectivity index (χ4n) is 9.67. The summed E-state index contributed by atoms with van der Waals surface area (Å²) in [6.07, 6.45) is 9.77. The number of hydrogen-bond acceptors (Lipinski definition) is 11. The van der Waals surface area contributed by atoms with Crippen LogP contribution in [0.4, 0.5) is 4.79 Å². The summed E-state index contributed by atoms with van der Waals surface area (Å²) in [5, 5.41) is 10.7. The van der Waals surface area contributed by atoms with Crippen molar-refractivity contribution in [3.8, 4) is 17.1 Å². The quantitative estimate of drug-likeness (QED) is 0.162. The molecule has 18 heteroatoms. The Balaban J connectivity index is 1.05. The van der Waals surface area contributed by atoms with Gasteiger partial charge in [-0.2, -0.15) is 9.61 Å². The molecule has 3 aliphatic carbocycles. The number of rotatable bonds is 11. The normalized spacial score (nSPS) is 25.5. The molecule has 17 nitrogen and oxygen atoms in total. The number of hydrogen-bond donors (Lipinski definition) is 3. The van der Waals surface area contributed by atoms with Crippen molar-refractivity contribution in [1.82, 2.24) is 39.8 Å². The largest absolute Gasteiger partial charge is 0.472 e. The van der Waals surface area contributed by atoms with E-state index in [0.29, 0.717) is 73.5 Å². The molecule has 9 rings (SSSR count). The Morgan fingerprint density at radius 2 is 1.67 bits per heavy atom. The summed E-state index contributed by atoms with van der Waals surface area (Å²) in [5.41, 5.74) is 1.44. The first kappa shape index (κ1) is 45.1. The second kappa shape index (κ2) is 18.7. The third-order valence-electron chi connectivity index (χ3n) is 13.7. The number of sulfonamides is 1. The number of carbonyl (C=O) groups is 5. The number of carbonyl (C=O) groups excluding carboxylic acids is 5. The minimum Gasteiger partial charge on any atom is -0.472 e. The Hall–Kier alpha value is -6.04. The second-order valence-electron chi connectivity index (χ2n) is 18.3. The highest BCUT2D eigenvalue weighted by Crippen LogP contribution is 2.46. The molecule has 0 bridgehead atoms. The lowest BCUT2D eigenvalue weighted by Crippen LogP contribution is -2.58. The number of ether oxygens (including phenoxy) is 2. The molecule has 5 aliphatic rings. The lowest BCUT2D eigenvalue weighted by molar-refractivity contribution is -0.141. The minimum atomic E-state index is -3.93. The monoisotopic (exact) mass is 922 g/mol. The first-order valence-electron chi connectivity index (χ1n) is 23.5. The number of nitrogens with zero attached hydrogens (tertiary/aromatic N) is 5. The van der Waals surface area contributed by atoms with E-state index in [1.807, 2.05) is 62.4 Å². The van der Waals surface area contributed by atoms with Gasteiger partial charge in [0.25, 0.3) is 11.8 Å². The number of fused-ring (bicyclic) bond motifs is 5.